The average Bonchev–Trinajstić information content (AvgIpc) is 3.72. The highest BCUT2D eigenvalue weighted by atomic mass is 16.5. The van der Waals surface area contributed by atoms with Gasteiger partial charge in [-0.3, -0.25) is 0 Å². The van der Waals surface area contributed by atoms with Crippen molar-refractivity contribution >= 4 is 0 Å². The summed E-state index contributed by atoms with van der Waals surface area (Å²) in [5.41, 5.74) is 3.82. The summed E-state index contributed by atoms with van der Waals surface area (Å²) in [6.45, 7) is 52.8. The summed E-state index contributed by atoms with van der Waals surface area (Å²) in [6.07, 6.45) is 34.8. The smallest absolute Gasteiger partial charge is 0.0499 e. The van der Waals surface area contributed by atoms with Gasteiger partial charge in [0.15, 0.2) is 0 Å². The molecule has 0 radical (unpaired) electrons. The first kappa shape index (κ1) is 62.9. The Labute approximate surface area is 413 Å². The van der Waals surface area contributed by atoms with Crippen LogP contribution in [0.25, 0.3) is 0 Å². The first-order chi connectivity index (χ1) is 29.6. The minimum Gasteiger partial charge on any atom is -0.381 e. The van der Waals surface area contributed by atoms with E-state index in [0.717, 1.165) is 67.9 Å². The van der Waals surface area contributed by atoms with Crippen LogP contribution >= 0.6 is 0 Å². The van der Waals surface area contributed by atoms with Crippen molar-refractivity contribution in [2.45, 2.75) is 299 Å². The van der Waals surface area contributed by atoms with E-state index < -0.39 is 0 Å². The summed E-state index contributed by atoms with van der Waals surface area (Å²) >= 11 is 0. The van der Waals surface area contributed by atoms with E-state index in [2.05, 4.69) is 145 Å². The Morgan fingerprint density at radius 1 is 0.262 bits per heavy atom. The van der Waals surface area contributed by atoms with Crippen molar-refractivity contribution in [2.24, 2.45) is 79.3 Å². The Morgan fingerprint density at radius 3 is 0.754 bits per heavy atom. The van der Waals surface area contributed by atoms with E-state index in [-0.39, 0.29) is 0 Å². The quantitative estimate of drug-likeness (QED) is 0.274. The van der Waals surface area contributed by atoms with Gasteiger partial charge in [-0.1, -0.05) is 235 Å². The molecular formula is C63H126O2. The SMILES string of the molecule is CC(C)(C)C1CCC1.CC(C)(C)C1CCCOC1.CC(C)(C)CC1CC1.CC(C)(C)CC1CCC1.CC(C)(C)CC1CCC1.CC(C)(C)CC1CCCCC1.CC(C)(C)CC1CCOC1. The van der Waals surface area contributed by atoms with E-state index >= 15 is 0 Å². The number of hydrogen-bond donors (Lipinski definition) is 0. The van der Waals surface area contributed by atoms with Crippen LogP contribution in [0.15, 0.2) is 0 Å². The largest absolute Gasteiger partial charge is 0.381 e. The lowest BCUT2D eigenvalue weighted by Crippen LogP contribution is -2.29. The Balaban J connectivity index is 0.000000380. The second-order valence-corrected chi connectivity index (χ2v) is 31.4. The Hall–Kier alpha value is -0.0800. The van der Waals surface area contributed by atoms with Crippen molar-refractivity contribution in [2.75, 3.05) is 26.4 Å². The maximum absolute atomic E-state index is 5.41. The minimum atomic E-state index is 0.445. The highest BCUT2D eigenvalue weighted by Gasteiger charge is 2.30. The molecule has 2 heteroatoms. The molecule has 0 amide bonds. The summed E-state index contributed by atoms with van der Waals surface area (Å²) in [5, 5.41) is 0. The maximum atomic E-state index is 5.41. The topological polar surface area (TPSA) is 18.5 Å². The lowest BCUT2D eigenvalue weighted by molar-refractivity contribution is 0.0103. The van der Waals surface area contributed by atoms with Crippen LogP contribution in [-0.2, 0) is 9.47 Å². The fourth-order valence-corrected chi connectivity index (χ4v) is 10.9. The molecule has 5 aliphatic carbocycles. The number of rotatable bonds is 5. The van der Waals surface area contributed by atoms with Crippen molar-refractivity contribution in [3.8, 4) is 0 Å². The second-order valence-electron chi connectivity index (χ2n) is 31.4. The lowest BCUT2D eigenvalue weighted by Gasteiger charge is -2.37. The van der Waals surface area contributed by atoms with Crippen molar-refractivity contribution in [3.63, 3.8) is 0 Å². The molecule has 0 aromatic heterocycles. The summed E-state index contributed by atoms with van der Waals surface area (Å²) in [6, 6.07) is 0. The standard InChI is InChI=1S/C11H22.2C9H18O.2C9H18.2C8H16/c1-11(2,3)9-10-7-5-4-6-8-10;1-9(2,3)6-8-4-5-10-7-8;1-9(2,3)8-5-4-6-10-7-8;2*1-9(2,3)7-8-5-4-6-8;1-8(2,3)6-7-4-5-7;1-8(2,3)7-5-4-6-7/h10H,4-9H2,1-3H3;2*8H,4-7H2,1-3H3;2*8H,4-7H2,1-3H3;2*7H,4-6H2,1-3H3. The molecule has 7 aliphatic rings. The van der Waals surface area contributed by atoms with Gasteiger partial charge in [0.1, 0.15) is 0 Å². The average molecular weight is 916 g/mol. The van der Waals surface area contributed by atoms with E-state index in [1.807, 2.05) is 0 Å². The molecule has 390 valence electrons. The van der Waals surface area contributed by atoms with E-state index in [4.69, 9.17) is 9.47 Å². The molecule has 2 nitrogen and oxygen atoms in total. The van der Waals surface area contributed by atoms with Gasteiger partial charge in [-0.15, -0.1) is 0 Å². The van der Waals surface area contributed by atoms with E-state index in [1.54, 1.807) is 0 Å². The maximum Gasteiger partial charge on any atom is 0.0499 e. The fourth-order valence-electron chi connectivity index (χ4n) is 10.9. The molecule has 0 spiro atoms. The summed E-state index contributed by atoms with van der Waals surface area (Å²) < 4.78 is 10.7. The Kier molecular flexibility index (Phi) is 28.4. The molecule has 2 aliphatic heterocycles. The first-order valence-electron chi connectivity index (χ1n) is 28.8. The summed E-state index contributed by atoms with van der Waals surface area (Å²) in [5.74, 6) is 6.93. The van der Waals surface area contributed by atoms with Crippen LogP contribution in [0, 0.1) is 79.3 Å². The van der Waals surface area contributed by atoms with Gasteiger partial charge in [0.05, 0.1) is 0 Å². The molecule has 5 saturated carbocycles. The highest BCUT2D eigenvalue weighted by molar-refractivity contribution is 4.81. The van der Waals surface area contributed by atoms with Crippen LogP contribution in [0.2, 0.25) is 0 Å². The van der Waals surface area contributed by atoms with Crippen molar-refractivity contribution in [1.82, 2.24) is 0 Å². The van der Waals surface area contributed by atoms with E-state index in [0.29, 0.717) is 37.9 Å². The molecule has 0 N–H and O–H groups in total. The molecule has 0 aromatic carbocycles. The van der Waals surface area contributed by atoms with Crippen LogP contribution in [0.1, 0.15) is 299 Å². The van der Waals surface area contributed by atoms with Gasteiger partial charge in [0, 0.05) is 26.4 Å². The van der Waals surface area contributed by atoms with Crippen LogP contribution in [0.4, 0.5) is 0 Å². The Bertz CT molecular complexity index is 1100. The monoisotopic (exact) mass is 915 g/mol. The zero-order valence-electron chi connectivity index (χ0n) is 49.2. The molecule has 2 unspecified atom stereocenters. The predicted octanol–water partition coefficient (Wildman–Crippen LogP) is 21.0. The van der Waals surface area contributed by atoms with Crippen molar-refractivity contribution in [1.29, 1.82) is 0 Å². The molecule has 7 fully saturated rings. The Morgan fingerprint density at radius 2 is 0.569 bits per heavy atom. The number of ether oxygens (including phenoxy) is 2. The van der Waals surface area contributed by atoms with Gasteiger partial charge >= 0.3 is 0 Å². The predicted molar refractivity (Wildman–Crippen MR) is 293 cm³/mol. The van der Waals surface area contributed by atoms with Crippen LogP contribution in [0.5, 0.6) is 0 Å². The highest BCUT2D eigenvalue weighted by Crippen LogP contribution is 2.42. The van der Waals surface area contributed by atoms with Gasteiger partial charge in [-0.2, -0.15) is 0 Å². The third-order valence-electron chi connectivity index (χ3n) is 15.1. The minimum absolute atomic E-state index is 0.445. The molecule has 0 aromatic rings. The van der Waals surface area contributed by atoms with Crippen molar-refractivity contribution < 1.29 is 9.47 Å². The van der Waals surface area contributed by atoms with Crippen LogP contribution in [-0.4, -0.2) is 26.4 Å². The van der Waals surface area contributed by atoms with Gasteiger partial charge in [0.2, 0.25) is 0 Å². The molecule has 7 rings (SSSR count). The van der Waals surface area contributed by atoms with E-state index in [1.165, 1.54) is 154 Å². The third kappa shape index (κ3) is 37.4. The molecule has 2 atom stereocenters. The zero-order chi connectivity index (χ0) is 49.8. The van der Waals surface area contributed by atoms with Gasteiger partial charge < -0.3 is 9.47 Å². The van der Waals surface area contributed by atoms with Gasteiger partial charge in [0.25, 0.3) is 0 Å². The van der Waals surface area contributed by atoms with Gasteiger partial charge in [-0.05, 0) is 144 Å². The molecule has 65 heavy (non-hydrogen) atoms. The van der Waals surface area contributed by atoms with Gasteiger partial charge in [-0.25, -0.2) is 0 Å². The van der Waals surface area contributed by atoms with E-state index in [9.17, 15) is 0 Å². The first-order valence-corrected chi connectivity index (χ1v) is 28.8. The number of hydrogen-bond acceptors (Lipinski definition) is 2. The van der Waals surface area contributed by atoms with Crippen LogP contribution < -0.4 is 0 Å². The molecule has 2 saturated heterocycles. The fraction of sp³-hybridized carbons (Fsp3) is 1.00. The molecular weight excluding hydrogens is 789 g/mol. The third-order valence-corrected chi connectivity index (χ3v) is 15.1. The van der Waals surface area contributed by atoms with Crippen LogP contribution in [0.3, 0.4) is 0 Å². The molecule has 2 heterocycles. The molecule has 0 bridgehead atoms. The summed E-state index contributed by atoms with van der Waals surface area (Å²) in [7, 11) is 0. The van der Waals surface area contributed by atoms with Crippen molar-refractivity contribution in [3.05, 3.63) is 0 Å². The second kappa shape index (κ2) is 29.3. The summed E-state index contributed by atoms with van der Waals surface area (Å²) in [4.78, 5) is 0. The lowest BCUT2D eigenvalue weighted by atomic mass is 9.69. The normalized spacial score (nSPS) is 23.8. The zero-order valence-corrected chi connectivity index (χ0v) is 49.2.